The minimum atomic E-state index is -3.08. The molecule has 1 atom stereocenters. The van der Waals surface area contributed by atoms with E-state index < -0.39 is 18.2 Å². The number of ether oxygens (including phenoxy) is 2. The molecule has 1 aliphatic heterocycles. The SMILES string of the molecule is COC1(C)CCCN(c2cc(OC(F)F)c(F)cc2N)C1. The van der Waals surface area contributed by atoms with Crippen LogP contribution in [0.4, 0.5) is 24.5 Å². The van der Waals surface area contributed by atoms with E-state index in [2.05, 4.69) is 4.74 Å². The lowest BCUT2D eigenvalue weighted by Gasteiger charge is -2.41. The second-order valence-corrected chi connectivity index (χ2v) is 5.40. The van der Waals surface area contributed by atoms with E-state index in [0.717, 1.165) is 18.9 Å². The molecule has 0 spiro atoms. The van der Waals surface area contributed by atoms with Crippen molar-refractivity contribution in [2.24, 2.45) is 0 Å². The lowest BCUT2D eigenvalue weighted by Crippen LogP contribution is -2.47. The molecular formula is C14H19F3N2O2. The molecule has 0 bridgehead atoms. The molecule has 1 aromatic carbocycles. The van der Waals surface area contributed by atoms with Gasteiger partial charge in [0.15, 0.2) is 11.6 Å². The molecule has 1 heterocycles. The maximum atomic E-state index is 13.6. The van der Waals surface area contributed by atoms with Gasteiger partial charge in [0.25, 0.3) is 0 Å². The van der Waals surface area contributed by atoms with Crippen molar-refractivity contribution in [1.82, 2.24) is 0 Å². The monoisotopic (exact) mass is 304 g/mol. The van der Waals surface area contributed by atoms with E-state index in [1.807, 2.05) is 11.8 Å². The topological polar surface area (TPSA) is 47.7 Å². The van der Waals surface area contributed by atoms with Crippen molar-refractivity contribution in [1.29, 1.82) is 0 Å². The van der Waals surface area contributed by atoms with Gasteiger partial charge in [0.1, 0.15) is 0 Å². The fourth-order valence-corrected chi connectivity index (χ4v) is 2.60. The highest BCUT2D eigenvalue weighted by molar-refractivity contribution is 5.70. The zero-order chi connectivity index (χ0) is 15.6. The molecule has 1 saturated heterocycles. The second kappa shape index (κ2) is 6.01. The zero-order valence-electron chi connectivity index (χ0n) is 12.0. The molecule has 0 saturated carbocycles. The van der Waals surface area contributed by atoms with Crippen LogP contribution in [0.2, 0.25) is 0 Å². The van der Waals surface area contributed by atoms with Gasteiger partial charge in [-0.2, -0.15) is 8.78 Å². The van der Waals surface area contributed by atoms with Crippen LogP contribution in [0, 0.1) is 5.82 Å². The number of methoxy groups -OCH3 is 1. The van der Waals surface area contributed by atoms with E-state index in [4.69, 9.17) is 10.5 Å². The first kappa shape index (κ1) is 15.8. The van der Waals surface area contributed by atoms with Gasteiger partial charge in [0, 0.05) is 32.3 Å². The molecule has 2 rings (SSSR count). The molecule has 118 valence electrons. The molecule has 0 aromatic heterocycles. The van der Waals surface area contributed by atoms with Gasteiger partial charge in [-0.15, -0.1) is 0 Å². The normalized spacial score (nSPS) is 22.7. The molecule has 1 unspecified atom stereocenters. The Kier molecular flexibility index (Phi) is 4.51. The molecule has 2 N–H and O–H groups in total. The summed E-state index contributed by atoms with van der Waals surface area (Å²) < 4.78 is 47.9. The highest BCUT2D eigenvalue weighted by Gasteiger charge is 2.32. The summed E-state index contributed by atoms with van der Waals surface area (Å²) in [5, 5.41) is 0. The van der Waals surface area contributed by atoms with Crippen LogP contribution in [0.25, 0.3) is 0 Å². The molecule has 0 radical (unpaired) electrons. The highest BCUT2D eigenvalue weighted by atomic mass is 19.3. The smallest absolute Gasteiger partial charge is 0.387 e. The third kappa shape index (κ3) is 3.53. The van der Waals surface area contributed by atoms with Crippen LogP contribution in [0.1, 0.15) is 19.8 Å². The number of alkyl halides is 2. The Morgan fingerprint density at radius 1 is 1.38 bits per heavy atom. The van der Waals surface area contributed by atoms with Gasteiger partial charge in [-0.3, -0.25) is 0 Å². The number of nitrogens with two attached hydrogens (primary N) is 1. The van der Waals surface area contributed by atoms with Crippen molar-refractivity contribution in [3.8, 4) is 5.75 Å². The summed E-state index contributed by atoms with van der Waals surface area (Å²) in [5.41, 5.74) is 6.14. The van der Waals surface area contributed by atoms with Gasteiger partial charge in [0.05, 0.1) is 17.0 Å². The van der Waals surface area contributed by atoms with Crippen LogP contribution < -0.4 is 15.4 Å². The molecule has 21 heavy (non-hydrogen) atoms. The molecule has 1 aromatic rings. The summed E-state index contributed by atoms with van der Waals surface area (Å²) in [4.78, 5) is 1.90. The van der Waals surface area contributed by atoms with Crippen molar-refractivity contribution in [2.75, 3.05) is 30.8 Å². The Morgan fingerprint density at radius 2 is 2.10 bits per heavy atom. The molecule has 0 amide bonds. The van der Waals surface area contributed by atoms with Crippen LogP contribution in [0.15, 0.2) is 12.1 Å². The first-order valence-corrected chi connectivity index (χ1v) is 6.68. The van der Waals surface area contributed by atoms with Crippen LogP contribution in [-0.4, -0.2) is 32.4 Å². The van der Waals surface area contributed by atoms with E-state index in [-0.39, 0.29) is 11.3 Å². The summed E-state index contributed by atoms with van der Waals surface area (Å²) in [6.45, 7) is 0.132. The maximum absolute atomic E-state index is 13.6. The summed E-state index contributed by atoms with van der Waals surface area (Å²) in [6.07, 6.45) is 1.76. The van der Waals surface area contributed by atoms with E-state index in [1.54, 1.807) is 7.11 Å². The number of rotatable bonds is 4. The third-order valence-electron chi connectivity index (χ3n) is 3.79. The lowest BCUT2D eigenvalue weighted by atomic mass is 9.94. The van der Waals surface area contributed by atoms with Crippen molar-refractivity contribution >= 4 is 11.4 Å². The third-order valence-corrected chi connectivity index (χ3v) is 3.79. The number of nitrogen functional groups attached to an aromatic ring is 1. The lowest BCUT2D eigenvalue weighted by molar-refractivity contribution is -0.0521. The predicted octanol–water partition coefficient (Wildman–Crippen LogP) is 3.01. The number of anilines is 2. The standard InChI is InChI=1S/C14H19F3N2O2/c1-14(20-2)4-3-5-19(8-14)11-7-12(21-13(16)17)9(15)6-10(11)18/h6-7,13H,3-5,8,18H2,1-2H3. The Bertz CT molecular complexity index is 513. The molecule has 0 aliphatic carbocycles. The summed E-state index contributed by atoms with van der Waals surface area (Å²) >= 11 is 0. The average molecular weight is 304 g/mol. The highest BCUT2D eigenvalue weighted by Crippen LogP contribution is 2.35. The van der Waals surface area contributed by atoms with Crippen LogP contribution in [0.3, 0.4) is 0 Å². The Morgan fingerprint density at radius 3 is 2.71 bits per heavy atom. The minimum Gasteiger partial charge on any atom is -0.432 e. The number of halogens is 3. The Labute approximate surface area is 121 Å². The van der Waals surface area contributed by atoms with Gasteiger partial charge < -0.3 is 20.1 Å². The summed E-state index contributed by atoms with van der Waals surface area (Å²) in [6, 6.07) is 2.23. The fourth-order valence-electron chi connectivity index (χ4n) is 2.60. The largest absolute Gasteiger partial charge is 0.432 e. The van der Waals surface area contributed by atoms with Gasteiger partial charge in [-0.25, -0.2) is 4.39 Å². The number of benzene rings is 1. The molecule has 4 nitrogen and oxygen atoms in total. The number of hydrogen-bond acceptors (Lipinski definition) is 4. The van der Waals surface area contributed by atoms with Crippen LogP contribution in [-0.2, 0) is 4.74 Å². The van der Waals surface area contributed by atoms with Gasteiger partial charge >= 0.3 is 6.61 Å². The van der Waals surface area contributed by atoms with Crippen molar-refractivity contribution in [3.63, 3.8) is 0 Å². The molecule has 7 heteroatoms. The van der Waals surface area contributed by atoms with Gasteiger partial charge in [-0.05, 0) is 19.8 Å². The first-order chi connectivity index (χ1) is 9.84. The van der Waals surface area contributed by atoms with Gasteiger partial charge in [-0.1, -0.05) is 0 Å². The average Bonchev–Trinajstić information content (AvgIpc) is 2.41. The predicted molar refractivity (Wildman–Crippen MR) is 74.3 cm³/mol. The molecule has 1 aliphatic rings. The van der Waals surface area contributed by atoms with Crippen molar-refractivity contribution in [3.05, 3.63) is 17.9 Å². The first-order valence-electron chi connectivity index (χ1n) is 6.68. The van der Waals surface area contributed by atoms with Crippen LogP contribution >= 0.6 is 0 Å². The quantitative estimate of drug-likeness (QED) is 0.869. The summed E-state index contributed by atoms with van der Waals surface area (Å²) in [5.74, 6) is -1.40. The van der Waals surface area contributed by atoms with Crippen molar-refractivity contribution < 1.29 is 22.6 Å². The van der Waals surface area contributed by atoms with Gasteiger partial charge in [0.2, 0.25) is 0 Å². The van der Waals surface area contributed by atoms with E-state index in [9.17, 15) is 13.2 Å². The number of piperidine rings is 1. The van der Waals surface area contributed by atoms with E-state index >= 15 is 0 Å². The summed E-state index contributed by atoms with van der Waals surface area (Å²) in [7, 11) is 1.63. The van der Waals surface area contributed by atoms with Crippen LogP contribution in [0.5, 0.6) is 5.75 Å². The number of nitrogens with zero attached hydrogens (tertiary/aromatic N) is 1. The minimum absolute atomic E-state index is 0.189. The Hall–Kier alpha value is -1.63. The van der Waals surface area contributed by atoms with Crippen molar-refractivity contribution in [2.45, 2.75) is 32.0 Å². The molecule has 1 fully saturated rings. The van der Waals surface area contributed by atoms with E-state index in [0.29, 0.717) is 18.8 Å². The second-order valence-electron chi connectivity index (χ2n) is 5.40. The Balaban J connectivity index is 2.30. The zero-order valence-corrected chi connectivity index (χ0v) is 12.0. The van der Waals surface area contributed by atoms with E-state index in [1.165, 1.54) is 6.07 Å². The fraction of sp³-hybridized carbons (Fsp3) is 0.571. The molecular weight excluding hydrogens is 285 g/mol. The maximum Gasteiger partial charge on any atom is 0.387 e. The number of hydrogen-bond donors (Lipinski definition) is 1.